The van der Waals surface area contributed by atoms with Gasteiger partial charge in [-0.25, -0.2) is 0 Å². The van der Waals surface area contributed by atoms with E-state index in [1.54, 1.807) is 12.1 Å². The molecule has 2 heterocycles. The number of nitrogens with two attached hydrogens (primary N) is 2. The van der Waals surface area contributed by atoms with Crippen LogP contribution in [0.3, 0.4) is 0 Å². The first-order chi connectivity index (χ1) is 14.9. The van der Waals surface area contributed by atoms with Crippen LogP contribution in [-0.4, -0.2) is 57.1 Å². The normalized spacial score (nSPS) is 20.6. The minimum Gasteiger partial charge on any atom is -0.364 e. The average molecular weight is 425 g/mol. The summed E-state index contributed by atoms with van der Waals surface area (Å²) in [6.45, 7) is 3.48. The Hall–Kier alpha value is -3.27. The summed E-state index contributed by atoms with van der Waals surface area (Å²) in [7, 11) is 0. The molecule has 1 saturated heterocycles. The van der Waals surface area contributed by atoms with E-state index in [1.165, 1.54) is 0 Å². The number of anilines is 3. The number of rotatable bonds is 6. The fourth-order valence-corrected chi connectivity index (χ4v) is 3.95. The largest absolute Gasteiger partial charge is 0.364 e. The predicted molar refractivity (Wildman–Crippen MR) is 117 cm³/mol. The van der Waals surface area contributed by atoms with Crippen molar-refractivity contribution in [2.45, 2.75) is 51.1 Å². The smallest absolute Gasteiger partial charge is 0.273 e. The zero-order valence-corrected chi connectivity index (χ0v) is 17.6. The molecule has 4 rings (SSSR count). The van der Waals surface area contributed by atoms with Crippen molar-refractivity contribution in [2.24, 2.45) is 11.5 Å². The predicted octanol–water partition coefficient (Wildman–Crippen LogP) is 1.55. The molecular formula is C21H28N8O2. The monoisotopic (exact) mass is 424 g/mol. The van der Waals surface area contributed by atoms with Crippen LogP contribution >= 0.6 is 0 Å². The molecule has 6 N–H and O–H groups in total. The summed E-state index contributed by atoms with van der Waals surface area (Å²) in [6, 6.07) is 5.46. The highest BCUT2D eigenvalue weighted by atomic mass is 16.2. The van der Waals surface area contributed by atoms with E-state index >= 15 is 0 Å². The fourth-order valence-electron chi connectivity index (χ4n) is 3.95. The molecule has 1 saturated carbocycles. The van der Waals surface area contributed by atoms with Gasteiger partial charge in [0.1, 0.15) is 0 Å². The number of aryl methyl sites for hydroxylation is 1. The number of benzene rings is 1. The molecule has 2 amide bonds. The Balaban J connectivity index is 1.55. The van der Waals surface area contributed by atoms with Crippen molar-refractivity contribution >= 4 is 29.3 Å². The summed E-state index contributed by atoms with van der Waals surface area (Å²) in [6.07, 6.45) is 5.11. The summed E-state index contributed by atoms with van der Waals surface area (Å²) in [5, 5.41) is 14.3. The minimum absolute atomic E-state index is 0.0173. The second-order valence-electron chi connectivity index (χ2n) is 8.20. The maximum absolute atomic E-state index is 12.5. The number of primary amides is 1. The van der Waals surface area contributed by atoms with Crippen molar-refractivity contribution in [3.63, 3.8) is 0 Å². The van der Waals surface area contributed by atoms with Crippen molar-refractivity contribution in [1.29, 1.82) is 0 Å². The van der Waals surface area contributed by atoms with E-state index in [0.717, 1.165) is 50.8 Å². The van der Waals surface area contributed by atoms with Crippen LogP contribution in [0.5, 0.6) is 0 Å². The molecule has 1 aromatic carbocycles. The van der Waals surface area contributed by atoms with Crippen LogP contribution in [0.2, 0.25) is 0 Å². The summed E-state index contributed by atoms with van der Waals surface area (Å²) >= 11 is 0. The zero-order valence-electron chi connectivity index (χ0n) is 17.6. The third-order valence-corrected chi connectivity index (χ3v) is 5.92. The van der Waals surface area contributed by atoms with Gasteiger partial charge < -0.3 is 27.0 Å². The summed E-state index contributed by atoms with van der Waals surface area (Å²) in [4.78, 5) is 30.6. The number of hydrogen-bond acceptors (Lipinski definition) is 8. The molecule has 2 aromatic rings. The lowest BCUT2D eigenvalue weighted by Crippen LogP contribution is -2.43. The Morgan fingerprint density at radius 1 is 1.13 bits per heavy atom. The van der Waals surface area contributed by atoms with E-state index in [-0.39, 0.29) is 35.5 Å². The molecule has 0 radical (unpaired) electrons. The lowest BCUT2D eigenvalue weighted by Gasteiger charge is -2.31. The van der Waals surface area contributed by atoms with Crippen LogP contribution in [-0.2, 0) is 0 Å². The van der Waals surface area contributed by atoms with Crippen molar-refractivity contribution in [1.82, 2.24) is 20.1 Å². The molecule has 2 atom stereocenters. The van der Waals surface area contributed by atoms with Crippen LogP contribution in [0.4, 0.5) is 17.5 Å². The first-order valence-corrected chi connectivity index (χ1v) is 10.7. The molecule has 1 aliphatic heterocycles. The van der Waals surface area contributed by atoms with E-state index in [1.807, 2.05) is 17.9 Å². The van der Waals surface area contributed by atoms with Gasteiger partial charge in [0.2, 0.25) is 5.95 Å². The Kier molecular flexibility index (Phi) is 5.99. The molecule has 0 bridgehead atoms. The van der Waals surface area contributed by atoms with E-state index < -0.39 is 5.91 Å². The molecule has 2 fully saturated rings. The quantitative estimate of drug-likeness (QED) is 0.545. The standard InChI is InChI=1S/C21H28N8O2/c1-12-11-13(7-8-14(12)20(31)29-9-4-10-29)24-19-17(18(23)30)27-28-21(26-19)25-16-6-3-2-5-15(16)22/h7-8,11,15-16H,2-6,9-10,22H2,1H3,(H2,23,30)(H2,24,25,26,28)/t15-,16+/m0/s1. The number of likely N-dealkylation sites (tertiary alicyclic amines) is 1. The van der Waals surface area contributed by atoms with Gasteiger partial charge >= 0.3 is 0 Å². The lowest BCUT2D eigenvalue weighted by atomic mass is 9.91. The highest BCUT2D eigenvalue weighted by Crippen LogP contribution is 2.24. The molecule has 31 heavy (non-hydrogen) atoms. The van der Waals surface area contributed by atoms with Crippen molar-refractivity contribution in [3.8, 4) is 0 Å². The van der Waals surface area contributed by atoms with Gasteiger partial charge in [-0.1, -0.05) is 12.8 Å². The molecular weight excluding hydrogens is 396 g/mol. The Morgan fingerprint density at radius 3 is 2.55 bits per heavy atom. The number of carbonyl (C=O) groups is 2. The van der Waals surface area contributed by atoms with Gasteiger partial charge in [-0.3, -0.25) is 9.59 Å². The average Bonchev–Trinajstić information content (AvgIpc) is 2.68. The first kappa shape index (κ1) is 21.0. The third kappa shape index (κ3) is 4.58. The Bertz CT molecular complexity index is 991. The van der Waals surface area contributed by atoms with Crippen LogP contribution < -0.4 is 22.1 Å². The molecule has 2 aliphatic rings. The molecule has 10 nitrogen and oxygen atoms in total. The first-order valence-electron chi connectivity index (χ1n) is 10.7. The molecule has 0 spiro atoms. The van der Waals surface area contributed by atoms with E-state index in [0.29, 0.717) is 11.3 Å². The number of nitrogens with one attached hydrogen (secondary N) is 2. The maximum Gasteiger partial charge on any atom is 0.273 e. The Morgan fingerprint density at radius 2 is 1.90 bits per heavy atom. The number of aromatic nitrogens is 3. The van der Waals surface area contributed by atoms with Gasteiger partial charge in [0, 0.05) is 36.4 Å². The van der Waals surface area contributed by atoms with E-state index in [2.05, 4.69) is 25.8 Å². The van der Waals surface area contributed by atoms with Crippen LogP contribution in [0.1, 0.15) is 58.5 Å². The van der Waals surface area contributed by atoms with E-state index in [4.69, 9.17) is 11.5 Å². The zero-order chi connectivity index (χ0) is 22.0. The molecule has 10 heteroatoms. The summed E-state index contributed by atoms with van der Waals surface area (Å²) in [5.74, 6) is -0.205. The molecule has 1 aromatic heterocycles. The van der Waals surface area contributed by atoms with Crippen molar-refractivity contribution in [2.75, 3.05) is 23.7 Å². The van der Waals surface area contributed by atoms with Gasteiger partial charge in [0.05, 0.1) is 0 Å². The summed E-state index contributed by atoms with van der Waals surface area (Å²) in [5.41, 5.74) is 13.8. The fraction of sp³-hybridized carbons (Fsp3) is 0.476. The van der Waals surface area contributed by atoms with Crippen LogP contribution in [0.15, 0.2) is 18.2 Å². The molecule has 164 valence electrons. The minimum atomic E-state index is -0.732. The second kappa shape index (κ2) is 8.84. The summed E-state index contributed by atoms with van der Waals surface area (Å²) < 4.78 is 0. The van der Waals surface area contributed by atoms with Crippen molar-refractivity contribution in [3.05, 3.63) is 35.0 Å². The van der Waals surface area contributed by atoms with Crippen LogP contribution in [0, 0.1) is 6.92 Å². The highest BCUT2D eigenvalue weighted by Gasteiger charge is 2.25. The molecule has 0 unspecified atom stereocenters. The van der Waals surface area contributed by atoms with Gasteiger partial charge in [0.15, 0.2) is 11.5 Å². The van der Waals surface area contributed by atoms with E-state index in [9.17, 15) is 9.59 Å². The maximum atomic E-state index is 12.5. The number of nitrogens with zero attached hydrogens (tertiary/aromatic N) is 4. The lowest BCUT2D eigenvalue weighted by molar-refractivity contribution is 0.0651. The number of amides is 2. The second-order valence-corrected chi connectivity index (χ2v) is 8.20. The third-order valence-electron chi connectivity index (χ3n) is 5.92. The number of hydrogen-bond donors (Lipinski definition) is 4. The molecule has 1 aliphatic carbocycles. The van der Waals surface area contributed by atoms with Gasteiger partial charge in [-0.2, -0.15) is 4.98 Å². The SMILES string of the molecule is Cc1cc(Nc2nc(N[C@@H]3CCCC[C@@H]3N)nnc2C(N)=O)ccc1C(=O)N1CCC1. The van der Waals surface area contributed by atoms with Gasteiger partial charge in [-0.05, 0) is 49.9 Å². The number of carbonyl (C=O) groups excluding carboxylic acids is 2. The van der Waals surface area contributed by atoms with Gasteiger partial charge in [-0.15, -0.1) is 10.2 Å². The Labute approximate surface area is 180 Å². The van der Waals surface area contributed by atoms with Gasteiger partial charge in [0.25, 0.3) is 11.8 Å². The van der Waals surface area contributed by atoms with Crippen LogP contribution in [0.25, 0.3) is 0 Å². The topological polar surface area (TPSA) is 152 Å². The van der Waals surface area contributed by atoms with Crippen molar-refractivity contribution < 1.29 is 9.59 Å². The highest BCUT2D eigenvalue weighted by molar-refractivity contribution is 5.97.